The van der Waals surface area contributed by atoms with Gasteiger partial charge in [0.15, 0.2) is 5.82 Å². The van der Waals surface area contributed by atoms with Crippen molar-refractivity contribution in [3.8, 4) is 17.3 Å². The minimum Gasteiger partial charge on any atom is -0.475 e. The maximum absolute atomic E-state index is 14.0. The molecular formula is C39H44N8O3. The molecule has 1 spiro atoms. The summed E-state index contributed by atoms with van der Waals surface area (Å²) in [7, 11) is 0. The van der Waals surface area contributed by atoms with Gasteiger partial charge >= 0.3 is 0 Å². The summed E-state index contributed by atoms with van der Waals surface area (Å²) in [5.41, 5.74) is 11.7. The van der Waals surface area contributed by atoms with Gasteiger partial charge in [0, 0.05) is 80.3 Å². The molecule has 0 aliphatic carbocycles. The highest BCUT2D eigenvalue weighted by Crippen LogP contribution is 2.43. The zero-order valence-electron chi connectivity index (χ0n) is 28.5. The van der Waals surface area contributed by atoms with Crippen LogP contribution in [0, 0.1) is 10.8 Å². The summed E-state index contributed by atoms with van der Waals surface area (Å²) in [4.78, 5) is 46.2. The Morgan fingerprint density at radius 1 is 1.00 bits per heavy atom. The smallest absolute Gasteiger partial charge is 0.237 e. The molecule has 0 saturated carbocycles. The molecular weight excluding hydrogens is 628 g/mol. The lowest BCUT2D eigenvalue weighted by molar-refractivity contribution is -0.132. The van der Waals surface area contributed by atoms with E-state index in [2.05, 4.69) is 38.1 Å². The number of nitrogens with zero attached hydrogens (tertiary/aromatic N) is 6. The number of pyridine rings is 1. The molecule has 2 saturated heterocycles. The molecule has 7 rings (SSSR count). The zero-order chi connectivity index (χ0) is 34.8. The van der Waals surface area contributed by atoms with E-state index in [4.69, 9.17) is 15.9 Å². The lowest BCUT2D eigenvalue weighted by atomic mass is 9.85. The van der Waals surface area contributed by atoms with Crippen LogP contribution >= 0.6 is 0 Å². The zero-order valence-corrected chi connectivity index (χ0v) is 28.5. The average Bonchev–Trinajstić information content (AvgIpc) is 3.70. The Morgan fingerprint density at radius 2 is 1.76 bits per heavy atom. The number of benzene rings is 2. The first-order chi connectivity index (χ1) is 24.2. The summed E-state index contributed by atoms with van der Waals surface area (Å²) in [6.07, 6.45) is 9.47. The molecule has 4 aromatic rings. The largest absolute Gasteiger partial charge is 0.475 e. The first-order valence-corrected chi connectivity index (χ1v) is 17.2. The Bertz CT molecular complexity index is 1930. The van der Waals surface area contributed by atoms with E-state index < -0.39 is 5.41 Å². The van der Waals surface area contributed by atoms with E-state index >= 15 is 0 Å². The number of aromatic nitrogens is 3. The highest BCUT2D eigenvalue weighted by molar-refractivity contribution is 6.14. The number of hydrogen-bond donors (Lipinski definition) is 2. The van der Waals surface area contributed by atoms with Crippen LogP contribution in [0.25, 0.3) is 17.0 Å². The normalized spacial score (nSPS) is 19.3. The number of nitrogens with two attached hydrogens (primary N) is 1. The summed E-state index contributed by atoms with van der Waals surface area (Å²) < 4.78 is 5.63. The molecule has 2 fully saturated rings. The second-order valence-corrected chi connectivity index (χ2v) is 13.6. The quantitative estimate of drug-likeness (QED) is 0.180. The van der Waals surface area contributed by atoms with Gasteiger partial charge in [-0.25, -0.2) is 15.0 Å². The van der Waals surface area contributed by atoms with Crippen molar-refractivity contribution in [1.82, 2.24) is 24.8 Å². The fourth-order valence-corrected chi connectivity index (χ4v) is 7.19. The number of carbonyl (C=O) groups excluding carboxylic acids is 2. The minimum atomic E-state index is -0.516. The molecule has 5 heterocycles. The van der Waals surface area contributed by atoms with Crippen molar-refractivity contribution in [2.24, 2.45) is 5.41 Å². The fraction of sp³-hybridized carbons (Fsp3) is 0.333. The van der Waals surface area contributed by atoms with Crippen LogP contribution < -0.4 is 15.4 Å². The van der Waals surface area contributed by atoms with Crippen LogP contribution in [0.4, 0.5) is 11.4 Å². The van der Waals surface area contributed by atoms with Crippen molar-refractivity contribution in [2.75, 3.05) is 49.9 Å². The maximum atomic E-state index is 14.0. The highest BCUT2D eigenvalue weighted by Gasteiger charge is 2.51. The van der Waals surface area contributed by atoms with Crippen LogP contribution in [0.3, 0.4) is 0 Å². The molecule has 3 aliphatic heterocycles. The Balaban J connectivity index is 0.00000448. The van der Waals surface area contributed by atoms with Gasteiger partial charge in [-0.1, -0.05) is 30.3 Å². The number of ether oxygens (including phenoxy) is 1. The Labute approximate surface area is 293 Å². The molecule has 0 unspecified atom stereocenters. The second kappa shape index (κ2) is 13.8. The lowest BCUT2D eigenvalue weighted by Gasteiger charge is -2.29. The summed E-state index contributed by atoms with van der Waals surface area (Å²) in [5.74, 6) is 1.37. The molecule has 2 amide bonds. The van der Waals surface area contributed by atoms with Crippen molar-refractivity contribution in [1.29, 1.82) is 5.41 Å². The highest BCUT2D eigenvalue weighted by atomic mass is 16.5. The molecule has 11 nitrogen and oxygen atoms in total. The first-order valence-electron chi connectivity index (χ1n) is 17.2. The lowest BCUT2D eigenvalue weighted by Crippen LogP contribution is -2.43. The third-order valence-electron chi connectivity index (χ3n) is 9.95. The topological polar surface area (TPSA) is 142 Å². The monoisotopic (exact) mass is 672 g/mol. The van der Waals surface area contributed by atoms with Gasteiger partial charge < -0.3 is 20.3 Å². The second-order valence-electron chi connectivity index (χ2n) is 13.6. The van der Waals surface area contributed by atoms with Crippen molar-refractivity contribution in [3.05, 3.63) is 102 Å². The number of nitrogen functional groups attached to an aromatic ring is 1. The predicted molar refractivity (Wildman–Crippen MR) is 196 cm³/mol. The minimum absolute atomic E-state index is 0. The number of amides is 2. The molecule has 0 bridgehead atoms. The molecule has 2 aromatic carbocycles. The van der Waals surface area contributed by atoms with Crippen LogP contribution in [-0.4, -0.2) is 87.7 Å². The summed E-state index contributed by atoms with van der Waals surface area (Å²) >= 11 is 0. The van der Waals surface area contributed by atoms with Gasteiger partial charge in [0.2, 0.25) is 17.7 Å². The van der Waals surface area contributed by atoms with Crippen molar-refractivity contribution in [2.45, 2.75) is 39.2 Å². The van der Waals surface area contributed by atoms with Crippen LogP contribution in [0.5, 0.6) is 5.88 Å². The van der Waals surface area contributed by atoms with Gasteiger partial charge in [-0.05, 0) is 81.1 Å². The predicted octanol–water partition coefficient (Wildman–Crippen LogP) is 5.31. The van der Waals surface area contributed by atoms with Gasteiger partial charge in [0.05, 0.1) is 23.8 Å². The van der Waals surface area contributed by atoms with E-state index in [0.29, 0.717) is 67.8 Å². The van der Waals surface area contributed by atoms with E-state index in [0.717, 1.165) is 36.1 Å². The van der Waals surface area contributed by atoms with Crippen LogP contribution in [0.15, 0.2) is 85.3 Å². The van der Waals surface area contributed by atoms with Crippen LogP contribution in [0.2, 0.25) is 0 Å². The maximum Gasteiger partial charge on any atom is 0.237 e. The average molecular weight is 673 g/mol. The number of hydrogen-bond acceptors (Lipinski definition) is 9. The Hall–Kier alpha value is -5.42. The molecule has 50 heavy (non-hydrogen) atoms. The van der Waals surface area contributed by atoms with E-state index in [-0.39, 0.29) is 25.1 Å². The molecule has 3 aliphatic rings. The number of rotatable bonds is 9. The van der Waals surface area contributed by atoms with Crippen LogP contribution in [0.1, 0.15) is 51.2 Å². The number of carbonyl (C=O) groups is 2. The molecule has 1 atom stereocenters. The summed E-state index contributed by atoms with van der Waals surface area (Å²) in [6.45, 7) is 7.27. The first kappa shape index (κ1) is 33.1. The summed E-state index contributed by atoms with van der Waals surface area (Å²) in [6, 6.07) is 19.0. The third-order valence-corrected chi connectivity index (χ3v) is 9.95. The van der Waals surface area contributed by atoms with Gasteiger partial charge in [-0.2, -0.15) is 0 Å². The van der Waals surface area contributed by atoms with Gasteiger partial charge in [0.25, 0.3) is 0 Å². The van der Waals surface area contributed by atoms with Crippen molar-refractivity contribution >= 4 is 34.5 Å². The van der Waals surface area contributed by atoms with E-state index in [1.54, 1.807) is 42.9 Å². The molecule has 11 heteroatoms. The van der Waals surface area contributed by atoms with Crippen molar-refractivity contribution in [3.63, 3.8) is 0 Å². The number of anilines is 2. The SMILES string of the molecule is CC(C)Oc1ccc(C(=N)c2cc(N3CC[C@]4(CCN(CC(=O)N5CC=C(c6ccc(-c7ncccn7)cc6)CC5)C4)C3=O)ccc2N)cn1.[HH]. The van der Waals surface area contributed by atoms with E-state index in [1.165, 1.54) is 5.57 Å². The molecule has 0 radical (unpaired) electrons. The van der Waals surface area contributed by atoms with Gasteiger partial charge in [-0.3, -0.25) is 19.9 Å². The molecule has 3 N–H and O–H groups in total. The van der Waals surface area contributed by atoms with Crippen molar-refractivity contribution < 1.29 is 15.8 Å². The fourth-order valence-electron chi connectivity index (χ4n) is 7.19. The Kier molecular flexibility index (Phi) is 9.16. The standard InChI is InChI=1S/C39H42N8O3.H2/c1-26(2)50-34-11-8-30(23-44-34)36(41)32-22-31(9-10-33(32)40)47-21-15-39(38(47)49)14-20-45(25-39)24-35(48)46-18-12-28(13-19-46)27-4-6-29(7-5-27)37-42-16-3-17-43-37;/h3-12,16-17,22-23,26,41H,13-15,18-21,24-25,40H2,1-2H3;1H/t39-;/m0./s1. The van der Waals surface area contributed by atoms with E-state index in [9.17, 15) is 9.59 Å². The molecule has 2 aromatic heterocycles. The Morgan fingerprint density at radius 3 is 2.46 bits per heavy atom. The number of likely N-dealkylation sites (tertiary alicyclic amines) is 1. The number of nitrogens with one attached hydrogen (secondary N) is 1. The van der Waals surface area contributed by atoms with Gasteiger partial charge in [0.1, 0.15) is 0 Å². The van der Waals surface area contributed by atoms with Gasteiger partial charge in [-0.15, -0.1) is 0 Å². The summed E-state index contributed by atoms with van der Waals surface area (Å²) in [5, 5.41) is 8.86. The van der Waals surface area contributed by atoms with Crippen LogP contribution in [-0.2, 0) is 9.59 Å². The van der Waals surface area contributed by atoms with E-state index in [1.807, 2.05) is 47.9 Å². The third kappa shape index (κ3) is 6.73. The molecule has 258 valence electrons.